The number of carboxylic acids is 1. The van der Waals surface area contributed by atoms with E-state index < -0.39 is 5.97 Å². The lowest BCUT2D eigenvalue weighted by atomic mass is 9.86. The molecule has 20 heavy (non-hydrogen) atoms. The lowest BCUT2D eigenvalue weighted by Crippen LogP contribution is -2.37. The van der Waals surface area contributed by atoms with E-state index >= 15 is 0 Å². The summed E-state index contributed by atoms with van der Waals surface area (Å²) in [5.74, 6) is 0.743. The molecule has 0 bridgehead atoms. The summed E-state index contributed by atoms with van der Waals surface area (Å²) in [5.41, 5.74) is 0. The minimum atomic E-state index is -0.839. The maximum Gasteiger partial charge on any atom is 0.313 e. The minimum absolute atomic E-state index is 0.0101. The second-order valence-electron chi connectivity index (χ2n) is 5.56. The van der Waals surface area contributed by atoms with E-state index in [2.05, 4.69) is 29.1 Å². The average Bonchev–Trinajstić information content (AvgIpc) is 2.77. The van der Waals surface area contributed by atoms with Crippen molar-refractivity contribution in [3.05, 3.63) is 0 Å². The first kappa shape index (κ1) is 15.2. The van der Waals surface area contributed by atoms with Crippen LogP contribution in [0.25, 0.3) is 0 Å². The van der Waals surface area contributed by atoms with Crippen molar-refractivity contribution in [1.29, 1.82) is 0 Å². The van der Waals surface area contributed by atoms with E-state index in [4.69, 9.17) is 5.11 Å². The summed E-state index contributed by atoms with van der Waals surface area (Å²) in [6.07, 6.45) is 4.93. The Hall–Kier alpha value is -1.24. The number of aliphatic carboxylic acids is 1. The van der Waals surface area contributed by atoms with Crippen LogP contribution in [-0.4, -0.2) is 44.7 Å². The highest BCUT2D eigenvalue weighted by atomic mass is 32.2. The number of rotatable bonds is 5. The van der Waals surface area contributed by atoms with Gasteiger partial charge in [-0.3, -0.25) is 9.36 Å². The van der Waals surface area contributed by atoms with Gasteiger partial charge < -0.3 is 10.0 Å². The first-order valence-corrected chi connectivity index (χ1v) is 7.94. The molecule has 1 N–H and O–H groups in total. The van der Waals surface area contributed by atoms with Gasteiger partial charge in [0, 0.05) is 20.1 Å². The van der Waals surface area contributed by atoms with Crippen molar-refractivity contribution in [1.82, 2.24) is 14.8 Å². The average molecular weight is 298 g/mol. The summed E-state index contributed by atoms with van der Waals surface area (Å²) in [6.45, 7) is 2.30. The summed E-state index contributed by atoms with van der Waals surface area (Å²) in [7, 11) is 3.95. The van der Waals surface area contributed by atoms with Crippen molar-refractivity contribution in [3.8, 4) is 0 Å². The molecule has 0 spiro atoms. The molecule has 0 aliphatic heterocycles. The normalized spacial score (nSPS) is 22.8. The highest BCUT2D eigenvalue weighted by Crippen LogP contribution is 2.29. The summed E-state index contributed by atoms with van der Waals surface area (Å²) < 4.78 is 1.88. The molecule has 2 atom stereocenters. The molecule has 0 radical (unpaired) electrons. The van der Waals surface area contributed by atoms with Crippen LogP contribution in [0.2, 0.25) is 0 Å². The van der Waals surface area contributed by atoms with E-state index in [-0.39, 0.29) is 5.75 Å². The third-order valence-corrected chi connectivity index (χ3v) is 4.91. The number of aromatic nitrogens is 3. The van der Waals surface area contributed by atoms with Crippen LogP contribution < -0.4 is 4.90 Å². The monoisotopic (exact) mass is 298 g/mol. The molecular weight excluding hydrogens is 276 g/mol. The molecule has 112 valence electrons. The Labute approximate surface area is 123 Å². The zero-order chi connectivity index (χ0) is 14.7. The van der Waals surface area contributed by atoms with E-state index in [9.17, 15) is 4.79 Å². The summed E-state index contributed by atoms with van der Waals surface area (Å²) in [6, 6.07) is 0.499. The van der Waals surface area contributed by atoms with Gasteiger partial charge in [0.15, 0.2) is 5.16 Å². The molecule has 1 aliphatic carbocycles. The second-order valence-corrected chi connectivity index (χ2v) is 6.50. The molecule has 1 saturated carbocycles. The molecule has 0 saturated heterocycles. The van der Waals surface area contributed by atoms with Gasteiger partial charge in [0.25, 0.3) is 0 Å². The number of nitrogens with zero attached hydrogens (tertiary/aromatic N) is 4. The molecule has 1 heterocycles. The summed E-state index contributed by atoms with van der Waals surface area (Å²) in [5, 5.41) is 17.7. The quantitative estimate of drug-likeness (QED) is 0.838. The van der Waals surface area contributed by atoms with Crippen LogP contribution in [0.1, 0.15) is 32.6 Å². The van der Waals surface area contributed by atoms with Gasteiger partial charge >= 0.3 is 5.97 Å². The summed E-state index contributed by atoms with van der Waals surface area (Å²) >= 11 is 1.20. The predicted octanol–water partition coefficient (Wildman–Crippen LogP) is 2.01. The van der Waals surface area contributed by atoms with Gasteiger partial charge in [-0.05, 0) is 18.8 Å². The maximum atomic E-state index is 10.6. The van der Waals surface area contributed by atoms with Crippen molar-refractivity contribution in [3.63, 3.8) is 0 Å². The van der Waals surface area contributed by atoms with E-state index in [0.717, 1.165) is 11.9 Å². The van der Waals surface area contributed by atoms with E-state index in [0.29, 0.717) is 11.2 Å². The van der Waals surface area contributed by atoms with Gasteiger partial charge in [0.2, 0.25) is 5.95 Å². The van der Waals surface area contributed by atoms with Crippen LogP contribution in [0.4, 0.5) is 5.95 Å². The highest BCUT2D eigenvalue weighted by molar-refractivity contribution is 7.99. The molecule has 1 aliphatic rings. The fourth-order valence-corrected chi connectivity index (χ4v) is 3.41. The van der Waals surface area contributed by atoms with Crippen molar-refractivity contribution in [2.24, 2.45) is 13.0 Å². The van der Waals surface area contributed by atoms with Crippen molar-refractivity contribution >= 4 is 23.7 Å². The van der Waals surface area contributed by atoms with Crippen molar-refractivity contribution < 1.29 is 9.90 Å². The zero-order valence-corrected chi connectivity index (χ0v) is 13.1. The Morgan fingerprint density at radius 1 is 1.50 bits per heavy atom. The van der Waals surface area contributed by atoms with Crippen LogP contribution in [-0.2, 0) is 11.8 Å². The molecule has 1 aromatic heterocycles. The van der Waals surface area contributed by atoms with Gasteiger partial charge in [0.1, 0.15) is 0 Å². The Morgan fingerprint density at radius 3 is 2.90 bits per heavy atom. The van der Waals surface area contributed by atoms with E-state index in [1.165, 1.54) is 37.4 Å². The van der Waals surface area contributed by atoms with Crippen LogP contribution in [0.15, 0.2) is 5.16 Å². The van der Waals surface area contributed by atoms with Gasteiger partial charge in [-0.2, -0.15) is 0 Å². The molecule has 0 amide bonds. The van der Waals surface area contributed by atoms with Crippen molar-refractivity contribution in [2.45, 2.75) is 43.8 Å². The molecule has 1 aromatic rings. The summed E-state index contributed by atoms with van der Waals surface area (Å²) in [4.78, 5) is 12.8. The molecule has 0 aromatic carbocycles. The smallest absolute Gasteiger partial charge is 0.313 e. The maximum absolute atomic E-state index is 10.6. The largest absolute Gasteiger partial charge is 0.481 e. The highest BCUT2D eigenvalue weighted by Gasteiger charge is 2.25. The van der Waals surface area contributed by atoms with Gasteiger partial charge in [-0.15, -0.1) is 10.2 Å². The topological polar surface area (TPSA) is 71.2 Å². The van der Waals surface area contributed by atoms with E-state index in [1.54, 1.807) is 0 Å². The lowest BCUT2D eigenvalue weighted by molar-refractivity contribution is -0.133. The molecule has 7 heteroatoms. The number of anilines is 1. The molecule has 2 unspecified atom stereocenters. The zero-order valence-electron chi connectivity index (χ0n) is 12.2. The first-order valence-electron chi connectivity index (χ1n) is 6.96. The number of carbonyl (C=O) groups is 1. The number of thioether (sulfide) groups is 1. The van der Waals surface area contributed by atoms with Crippen LogP contribution in [0, 0.1) is 5.92 Å². The minimum Gasteiger partial charge on any atom is -0.481 e. The Morgan fingerprint density at radius 2 is 2.25 bits per heavy atom. The third kappa shape index (κ3) is 3.45. The van der Waals surface area contributed by atoms with Gasteiger partial charge in [-0.1, -0.05) is 31.5 Å². The standard InChI is InChI=1S/C13H22N4O2S/c1-9-5-4-6-10(7-9)16(2)12-14-15-13(17(12)3)20-8-11(18)19/h9-10H,4-8H2,1-3H3,(H,18,19). The molecule has 1 fully saturated rings. The van der Waals surface area contributed by atoms with Crippen LogP contribution in [0.3, 0.4) is 0 Å². The fraction of sp³-hybridized carbons (Fsp3) is 0.769. The first-order chi connectivity index (χ1) is 9.49. The van der Waals surface area contributed by atoms with Gasteiger partial charge in [0.05, 0.1) is 5.75 Å². The van der Waals surface area contributed by atoms with Crippen LogP contribution >= 0.6 is 11.8 Å². The Kier molecular flexibility index (Phi) is 4.91. The van der Waals surface area contributed by atoms with E-state index in [1.807, 2.05) is 11.6 Å². The number of carboxylic acid groups (broad SMARTS) is 1. The molecular formula is C13H22N4O2S. The fourth-order valence-electron chi connectivity index (χ4n) is 2.78. The van der Waals surface area contributed by atoms with Gasteiger partial charge in [-0.25, -0.2) is 0 Å². The lowest BCUT2D eigenvalue weighted by Gasteiger charge is -2.34. The van der Waals surface area contributed by atoms with Crippen LogP contribution in [0.5, 0.6) is 0 Å². The third-order valence-electron chi connectivity index (χ3n) is 3.91. The molecule has 2 rings (SSSR count). The second kappa shape index (κ2) is 6.47. The predicted molar refractivity (Wildman–Crippen MR) is 79.2 cm³/mol. The Bertz CT molecular complexity index is 477. The Balaban J connectivity index is 2.06. The van der Waals surface area contributed by atoms with Crippen molar-refractivity contribution in [2.75, 3.05) is 17.7 Å². The number of hydrogen-bond acceptors (Lipinski definition) is 5. The number of hydrogen-bond donors (Lipinski definition) is 1. The molecule has 6 nitrogen and oxygen atoms in total. The SMILES string of the molecule is CC1CCCC(N(C)c2nnc(SCC(=O)O)n2C)C1.